The molecule has 0 saturated heterocycles. The first-order valence-corrected chi connectivity index (χ1v) is 5.90. The average molecular weight is 246 g/mol. The molecule has 88 valence electrons. The summed E-state index contributed by atoms with van der Waals surface area (Å²) in [4.78, 5) is 0. The first kappa shape index (κ1) is 11.8. The lowest BCUT2D eigenvalue weighted by atomic mass is 10.2. The highest BCUT2D eigenvalue weighted by Crippen LogP contribution is 2.35. The van der Waals surface area contributed by atoms with E-state index in [0.717, 1.165) is 0 Å². The summed E-state index contributed by atoms with van der Waals surface area (Å²) < 4.78 is 26.5. The van der Waals surface area contributed by atoms with E-state index in [2.05, 4.69) is 5.32 Å². The van der Waals surface area contributed by atoms with Crippen LogP contribution in [-0.4, -0.2) is 11.9 Å². The Balaban J connectivity index is 1.84. The third-order valence-electron chi connectivity index (χ3n) is 2.84. The average Bonchev–Trinajstić information content (AvgIpc) is 3.05. The molecule has 0 aromatic heterocycles. The van der Waals surface area contributed by atoms with E-state index in [1.165, 1.54) is 31.0 Å². The molecule has 0 radical (unpaired) electrons. The number of alkyl halides is 1. The van der Waals surface area contributed by atoms with Gasteiger partial charge in [-0.05, 0) is 30.9 Å². The molecular formula is C12H14ClF2N. The predicted octanol–water partition coefficient (Wildman–Crippen LogP) is 3.07. The molecule has 1 saturated carbocycles. The first-order chi connectivity index (χ1) is 7.68. The van der Waals surface area contributed by atoms with Gasteiger partial charge in [0.05, 0.1) is 0 Å². The summed E-state index contributed by atoms with van der Waals surface area (Å²) in [5, 5.41) is 3.07. The zero-order valence-electron chi connectivity index (χ0n) is 8.85. The zero-order valence-corrected chi connectivity index (χ0v) is 9.61. The second kappa shape index (κ2) is 5.11. The summed E-state index contributed by atoms with van der Waals surface area (Å²) >= 11 is 6.07. The topological polar surface area (TPSA) is 12.0 Å². The maximum Gasteiger partial charge on any atom is 0.130 e. The SMILES string of the molecule is Fc1cccc(F)c1CNCC(Cl)C1CC1. The minimum atomic E-state index is -0.509. The monoisotopic (exact) mass is 245 g/mol. The van der Waals surface area contributed by atoms with E-state index < -0.39 is 11.6 Å². The molecule has 0 aliphatic heterocycles. The van der Waals surface area contributed by atoms with Crippen molar-refractivity contribution >= 4 is 11.6 Å². The normalized spacial score (nSPS) is 17.4. The standard InChI is InChI=1S/C12H14ClF2N/c13-10(8-4-5-8)7-16-6-9-11(14)2-1-3-12(9)15/h1-3,8,10,16H,4-7H2. The fourth-order valence-electron chi connectivity index (χ4n) is 1.66. The van der Waals surface area contributed by atoms with Crippen LogP contribution in [-0.2, 0) is 6.54 Å². The second-order valence-corrected chi connectivity index (χ2v) is 4.75. The molecule has 1 aliphatic rings. The quantitative estimate of drug-likeness (QED) is 0.787. The molecule has 16 heavy (non-hydrogen) atoms. The van der Waals surface area contributed by atoms with Crippen LogP contribution in [0.15, 0.2) is 18.2 Å². The Morgan fingerprint density at radius 1 is 1.31 bits per heavy atom. The van der Waals surface area contributed by atoms with Crippen LogP contribution in [0.5, 0.6) is 0 Å². The van der Waals surface area contributed by atoms with Gasteiger partial charge in [-0.1, -0.05) is 6.07 Å². The van der Waals surface area contributed by atoms with Gasteiger partial charge in [0.15, 0.2) is 0 Å². The van der Waals surface area contributed by atoms with Crippen LogP contribution in [0.2, 0.25) is 0 Å². The van der Waals surface area contributed by atoms with E-state index in [1.54, 1.807) is 0 Å². The molecule has 0 heterocycles. The van der Waals surface area contributed by atoms with Gasteiger partial charge < -0.3 is 5.32 Å². The van der Waals surface area contributed by atoms with Crippen LogP contribution >= 0.6 is 11.6 Å². The van der Waals surface area contributed by atoms with Crippen molar-refractivity contribution in [3.05, 3.63) is 35.4 Å². The van der Waals surface area contributed by atoms with Gasteiger partial charge in [-0.15, -0.1) is 11.6 Å². The van der Waals surface area contributed by atoms with E-state index >= 15 is 0 Å². The number of nitrogens with one attached hydrogen (secondary N) is 1. The number of rotatable bonds is 5. The van der Waals surface area contributed by atoms with Crippen LogP contribution < -0.4 is 5.32 Å². The molecule has 1 N–H and O–H groups in total. The number of hydrogen-bond acceptors (Lipinski definition) is 1. The molecule has 0 spiro atoms. The Hall–Kier alpha value is -0.670. The van der Waals surface area contributed by atoms with E-state index in [0.29, 0.717) is 12.5 Å². The Labute approximate surface area is 98.8 Å². The van der Waals surface area contributed by atoms with Crippen LogP contribution in [0, 0.1) is 17.6 Å². The smallest absolute Gasteiger partial charge is 0.130 e. The molecule has 1 nitrogen and oxygen atoms in total. The van der Waals surface area contributed by atoms with Crippen LogP contribution in [0.1, 0.15) is 18.4 Å². The molecule has 1 fully saturated rings. The minimum absolute atomic E-state index is 0.0786. The predicted molar refractivity (Wildman–Crippen MR) is 60.4 cm³/mol. The summed E-state index contributed by atoms with van der Waals surface area (Å²) in [6.45, 7) is 0.786. The minimum Gasteiger partial charge on any atom is -0.311 e. The zero-order chi connectivity index (χ0) is 11.5. The van der Waals surface area contributed by atoms with Gasteiger partial charge in [0.2, 0.25) is 0 Å². The van der Waals surface area contributed by atoms with Crippen molar-refractivity contribution in [3.63, 3.8) is 0 Å². The lowest BCUT2D eigenvalue weighted by Crippen LogP contribution is -2.25. The lowest BCUT2D eigenvalue weighted by molar-refractivity contribution is 0.529. The van der Waals surface area contributed by atoms with Crippen molar-refractivity contribution in [2.75, 3.05) is 6.54 Å². The van der Waals surface area contributed by atoms with Crippen molar-refractivity contribution in [2.24, 2.45) is 5.92 Å². The maximum absolute atomic E-state index is 13.2. The highest BCUT2D eigenvalue weighted by Gasteiger charge is 2.29. The Kier molecular flexibility index (Phi) is 3.77. The highest BCUT2D eigenvalue weighted by molar-refractivity contribution is 6.21. The molecule has 0 bridgehead atoms. The van der Waals surface area contributed by atoms with Crippen LogP contribution in [0.25, 0.3) is 0 Å². The fraction of sp³-hybridized carbons (Fsp3) is 0.500. The molecule has 1 atom stereocenters. The molecule has 1 aromatic rings. The summed E-state index contributed by atoms with van der Waals surface area (Å²) in [7, 11) is 0. The molecule has 1 aromatic carbocycles. The third-order valence-corrected chi connectivity index (χ3v) is 3.35. The fourth-order valence-corrected chi connectivity index (χ4v) is 2.02. The summed E-state index contributed by atoms with van der Waals surface area (Å²) in [5.74, 6) is -0.435. The molecule has 2 rings (SSSR count). The molecule has 1 unspecified atom stereocenters. The number of halogens is 3. The van der Waals surface area contributed by atoms with Crippen LogP contribution in [0.4, 0.5) is 8.78 Å². The van der Waals surface area contributed by atoms with E-state index in [-0.39, 0.29) is 17.5 Å². The second-order valence-electron chi connectivity index (χ2n) is 4.18. The largest absolute Gasteiger partial charge is 0.311 e. The molecular weight excluding hydrogens is 232 g/mol. The molecule has 1 aliphatic carbocycles. The Morgan fingerprint density at radius 3 is 2.50 bits per heavy atom. The van der Waals surface area contributed by atoms with Crippen molar-refractivity contribution < 1.29 is 8.78 Å². The van der Waals surface area contributed by atoms with Gasteiger partial charge in [-0.3, -0.25) is 0 Å². The number of hydrogen-bond donors (Lipinski definition) is 1. The third kappa shape index (κ3) is 2.92. The van der Waals surface area contributed by atoms with Gasteiger partial charge in [0, 0.05) is 24.0 Å². The molecule has 4 heteroatoms. The van der Waals surface area contributed by atoms with E-state index in [1.807, 2.05) is 0 Å². The summed E-state index contributed by atoms with van der Waals surface area (Å²) in [5.41, 5.74) is 0.0853. The van der Waals surface area contributed by atoms with E-state index in [9.17, 15) is 8.78 Å². The van der Waals surface area contributed by atoms with E-state index in [4.69, 9.17) is 11.6 Å². The maximum atomic E-state index is 13.2. The Bertz CT molecular complexity index is 346. The van der Waals surface area contributed by atoms with Crippen LogP contribution in [0.3, 0.4) is 0 Å². The molecule has 0 amide bonds. The van der Waals surface area contributed by atoms with Crippen molar-refractivity contribution in [1.82, 2.24) is 5.32 Å². The lowest BCUT2D eigenvalue weighted by Gasteiger charge is -2.10. The summed E-state index contributed by atoms with van der Waals surface area (Å²) in [6, 6.07) is 3.89. The van der Waals surface area contributed by atoms with Gasteiger partial charge in [0.1, 0.15) is 11.6 Å². The van der Waals surface area contributed by atoms with Gasteiger partial charge in [-0.2, -0.15) is 0 Å². The highest BCUT2D eigenvalue weighted by atomic mass is 35.5. The number of benzene rings is 1. The Morgan fingerprint density at radius 2 is 1.94 bits per heavy atom. The summed E-state index contributed by atoms with van der Waals surface area (Å²) in [6.07, 6.45) is 2.34. The first-order valence-electron chi connectivity index (χ1n) is 5.46. The van der Waals surface area contributed by atoms with Gasteiger partial charge in [0.25, 0.3) is 0 Å². The van der Waals surface area contributed by atoms with Gasteiger partial charge >= 0.3 is 0 Å². The van der Waals surface area contributed by atoms with Crippen molar-refractivity contribution in [1.29, 1.82) is 0 Å². The van der Waals surface area contributed by atoms with Crippen molar-refractivity contribution in [3.8, 4) is 0 Å². The van der Waals surface area contributed by atoms with Crippen molar-refractivity contribution in [2.45, 2.75) is 24.8 Å². The van der Waals surface area contributed by atoms with Gasteiger partial charge in [-0.25, -0.2) is 8.78 Å².